The minimum absolute atomic E-state index is 0.207. The van der Waals surface area contributed by atoms with E-state index in [1.807, 2.05) is 36.4 Å². The van der Waals surface area contributed by atoms with Crippen LogP contribution in [0.5, 0.6) is 11.5 Å². The lowest BCUT2D eigenvalue weighted by Crippen LogP contribution is -2.15. The lowest BCUT2D eigenvalue weighted by atomic mass is 10.1. The second kappa shape index (κ2) is 12.5. The Balaban J connectivity index is 1.97. The van der Waals surface area contributed by atoms with Crippen LogP contribution in [0.3, 0.4) is 0 Å². The fraction of sp³-hybridized carbons (Fsp3) is 0.458. The number of unbranched alkanes of at least 4 members (excludes halogenated alkanes) is 4. The molecule has 2 aromatic rings. The Labute approximate surface area is 183 Å². The largest absolute Gasteiger partial charge is 0.494 e. The van der Waals surface area contributed by atoms with Crippen LogP contribution in [0.25, 0.3) is 0 Å². The van der Waals surface area contributed by atoms with E-state index in [9.17, 15) is 4.79 Å². The number of hydrogen-bond donors (Lipinski definition) is 1. The number of carbonyl (C=O) groups excluding carboxylic acids is 1. The number of rotatable bonds is 12. The minimum atomic E-state index is -0.207. The summed E-state index contributed by atoms with van der Waals surface area (Å²) in [6, 6.07) is 13.0. The van der Waals surface area contributed by atoms with Crippen LogP contribution < -0.4 is 14.8 Å². The van der Waals surface area contributed by atoms with Crippen molar-refractivity contribution in [1.29, 1.82) is 0 Å². The smallest absolute Gasteiger partial charge is 0.259 e. The Morgan fingerprint density at radius 2 is 1.83 bits per heavy atom. The molecule has 0 aliphatic rings. The molecule has 0 atom stereocenters. The summed E-state index contributed by atoms with van der Waals surface area (Å²) in [6.45, 7) is 7.62. The van der Waals surface area contributed by atoms with Gasteiger partial charge in [-0.05, 0) is 42.7 Å². The molecule has 0 heterocycles. The monoisotopic (exact) mass is 461 g/mol. The van der Waals surface area contributed by atoms with Gasteiger partial charge in [-0.1, -0.05) is 68.5 Å². The molecule has 5 heteroatoms. The summed E-state index contributed by atoms with van der Waals surface area (Å²) in [5.74, 6) is 1.52. The van der Waals surface area contributed by atoms with Crippen LogP contribution in [0.4, 0.5) is 5.69 Å². The molecule has 1 N–H and O–H groups in total. The van der Waals surface area contributed by atoms with Crippen molar-refractivity contribution < 1.29 is 14.3 Å². The zero-order valence-corrected chi connectivity index (χ0v) is 19.3. The van der Waals surface area contributed by atoms with E-state index in [4.69, 9.17) is 9.47 Å². The Hall–Kier alpha value is -2.01. The first-order valence-electron chi connectivity index (χ1n) is 10.5. The van der Waals surface area contributed by atoms with E-state index >= 15 is 0 Å². The van der Waals surface area contributed by atoms with Crippen molar-refractivity contribution >= 4 is 27.5 Å². The maximum absolute atomic E-state index is 12.9. The van der Waals surface area contributed by atoms with Gasteiger partial charge in [0.15, 0.2) is 0 Å². The van der Waals surface area contributed by atoms with E-state index in [1.165, 1.54) is 25.7 Å². The number of amides is 1. The Morgan fingerprint density at radius 3 is 2.59 bits per heavy atom. The quantitative estimate of drug-likeness (QED) is 0.343. The van der Waals surface area contributed by atoms with E-state index in [1.54, 1.807) is 6.07 Å². The van der Waals surface area contributed by atoms with Gasteiger partial charge < -0.3 is 14.8 Å². The van der Waals surface area contributed by atoms with Crippen molar-refractivity contribution in [1.82, 2.24) is 0 Å². The van der Waals surface area contributed by atoms with Crippen LogP contribution in [0, 0.1) is 5.92 Å². The third kappa shape index (κ3) is 8.48. The molecule has 0 aliphatic heterocycles. The maximum Gasteiger partial charge on any atom is 0.259 e. The summed E-state index contributed by atoms with van der Waals surface area (Å²) >= 11 is 3.44. The van der Waals surface area contributed by atoms with E-state index in [0.717, 1.165) is 16.6 Å². The SMILES string of the molecule is CCCCCCCOc1cccc(NC(=O)c2cc(Br)ccc2OCC(C)C)c1. The van der Waals surface area contributed by atoms with Crippen molar-refractivity contribution in [2.24, 2.45) is 5.92 Å². The molecule has 158 valence electrons. The van der Waals surface area contributed by atoms with Gasteiger partial charge in [0.25, 0.3) is 5.91 Å². The molecule has 1 amide bonds. The van der Waals surface area contributed by atoms with Gasteiger partial charge in [0.1, 0.15) is 11.5 Å². The van der Waals surface area contributed by atoms with Crippen LogP contribution >= 0.6 is 15.9 Å². The maximum atomic E-state index is 12.9. The average Bonchev–Trinajstić information content (AvgIpc) is 2.70. The van der Waals surface area contributed by atoms with E-state index in [2.05, 4.69) is 42.0 Å². The number of hydrogen-bond acceptors (Lipinski definition) is 3. The van der Waals surface area contributed by atoms with Crippen molar-refractivity contribution in [2.75, 3.05) is 18.5 Å². The first-order chi connectivity index (χ1) is 14.0. The molecular weight excluding hydrogens is 430 g/mol. The molecule has 0 fully saturated rings. The number of halogens is 1. The second-order valence-electron chi connectivity index (χ2n) is 7.59. The molecule has 0 radical (unpaired) electrons. The number of carbonyl (C=O) groups is 1. The highest BCUT2D eigenvalue weighted by Gasteiger charge is 2.14. The Bertz CT molecular complexity index is 776. The molecule has 2 aromatic carbocycles. The van der Waals surface area contributed by atoms with Crippen molar-refractivity contribution in [3.63, 3.8) is 0 Å². The van der Waals surface area contributed by atoms with Gasteiger partial charge in [0.05, 0.1) is 18.8 Å². The molecular formula is C24H32BrNO3. The number of anilines is 1. The summed E-state index contributed by atoms with van der Waals surface area (Å²) in [7, 11) is 0. The second-order valence-corrected chi connectivity index (χ2v) is 8.51. The molecule has 0 spiro atoms. The third-order valence-corrected chi connectivity index (χ3v) is 4.86. The van der Waals surface area contributed by atoms with Gasteiger partial charge in [-0.25, -0.2) is 0 Å². The summed E-state index contributed by atoms with van der Waals surface area (Å²) in [6.07, 6.45) is 6.01. The lowest BCUT2D eigenvalue weighted by Gasteiger charge is -2.14. The van der Waals surface area contributed by atoms with Crippen LogP contribution in [0.2, 0.25) is 0 Å². The van der Waals surface area contributed by atoms with Crippen LogP contribution in [0.15, 0.2) is 46.9 Å². The summed E-state index contributed by atoms with van der Waals surface area (Å²) < 4.78 is 12.5. The van der Waals surface area contributed by atoms with Gasteiger partial charge in [0.2, 0.25) is 0 Å². The molecule has 0 unspecified atom stereocenters. The average molecular weight is 462 g/mol. The van der Waals surface area contributed by atoms with Crippen LogP contribution in [-0.2, 0) is 0 Å². The first kappa shape index (κ1) is 23.3. The first-order valence-corrected chi connectivity index (χ1v) is 11.3. The van der Waals surface area contributed by atoms with Gasteiger partial charge in [0, 0.05) is 16.2 Å². The molecule has 0 aliphatic carbocycles. The molecule has 29 heavy (non-hydrogen) atoms. The van der Waals surface area contributed by atoms with Gasteiger partial charge in [-0.3, -0.25) is 4.79 Å². The Morgan fingerprint density at radius 1 is 1.03 bits per heavy atom. The molecule has 4 nitrogen and oxygen atoms in total. The number of nitrogens with one attached hydrogen (secondary N) is 1. The fourth-order valence-corrected chi connectivity index (χ4v) is 3.18. The summed E-state index contributed by atoms with van der Waals surface area (Å²) in [5.41, 5.74) is 1.20. The summed E-state index contributed by atoms with van der Waals surface area (Å²) in [5, 5.41) is 2.95. The summed E-state index contributed by atoms with van der Waals surface area (Å²) in [4.78, 5) is 12.9. The van der Waals surface area contributed by atoms with Gasteiger partial charge in [-0.15, -0.1) is 0 Å². The molecule has 0 aromatic heterocycles. The highest BCUT2D eigenvalue weighted by atomic mass is 79.9. The molecule has 2 rings (SSSR count). The highest BCUT2D eigenvalue weighted by molar-refractivity contribution is 9.10. The van der Waals surface area contributed by atoms with E-state index < -0.39 is 0 Å². The van der Waals surface area contributed by atoms with E-state index in [0.29, 0.717) is 36.1 Å². The minimum Gasteiger partial charge on any atom is -0.494 e. The standard InChI is InChI=1S/C24H32BrNO3/c1-4-5-6-7-8-14-28-21-11-9-10-20(16-21)26-24(27)22-15-19(25)12-13-23(22)29-17-18(2)3/h9-13,15-16,18H,4-8,14,17H2,1-3H3,(H,26,27). The zero-order valence-electron chi connectivity index (χ0n) is 17.7. The fourth-order valence-electron chi connectivity index (χ4n) is 2.82. The predicted octanol–water partition coefficient (Wildman–Crippen LogP) is 7.09. The molecule has 0 bridgehead atoms. The molecule has 0 saturated carbocycles. The number of ether oxygens (including phenoxy) is 2. The van der Waals surface area contributed by atoms with Crippen LogP contribution in [0.1, 0.15) is 63.2 Å². The zero-order chi connectivity index (χ0) is 21.1. The Kier molecular flexibility index (Phi) is 10.1. The predicted molar refractivity (Wildman–Crippen MR) is 123 cm³/mol. The van der Waals surface area contributed by atoms with Crippen molar-refractivity contribution in [3.05, 3.63) is 52.5 Å². The lowest BCUT2D eigenvalue weighted by molar-refractivity contribution is 0.102. The van der Waals surface area contributed by atoms with Crippen molar-refractivity contribution in [3.8, 4) is 11.5 Å². The van der Waals surface area contributed by atoms with Crippen molar-refractivity contribution in [2.45, 2.75) is 52.9 Å². The molecule has 0 saturated heterocycles. The van der Waals surface area contributed by atoms with Gasteiger partial charge >= 0.3 is 0 Å². The normalized spacial score (nSPS) is 10.8. The van der Waals surface area contributed by atoms with E-state index in [-0.39, 0.29) is 5.91 Å². The van der Waals surface area contributed by atoms with Crippen LogP contribution in [-0.4, -0.2) is 19.1 Å². The number of benzene rings is 2. The highest BCUT2D eigenvalue weighted by Crippen LogP contribution is 2.26. The van der Waals surface area contributed by atoms with Gasteiger partial charge in [-0.2, -0.15) is 0 Å². The topological polar surface area (TPSA) is 47.6 Å². The third-order valence-electron chi connectivity index (χ3n) is 4.37.